The summed E-state index contributed by atoms with van der Waals surface area (Å²) in [5.74, 6) is 1.90. The summed E-state index contributed by atoms with van der Waals surface area (Å²) in [4.78, 5) is 7.03. The summed E-state index contributed by atoms with van der Waals surface area (Å²) in [7, 11) is 0. The molecule has 130 valence electrons. The Balaban J connectivity index is 1.57. The number of aliphatic imine (C=N–C) groups is 1. The van der Waals surface area contributed by atoms with Crippen molar-refractivity contribution in [1.82, 2.24) is 10.2 Å². The highest BCUT2D eigenvalue weighted by molar-refractivity contribution is 6.30. The maximum absolute atomic E-state index is 6.12. The molecule has 0 saturated heterocycles. The SMILES string of the molecule is Clc1cccc(NC2=C(CNC3CCCC3)CN3C=CC=CC3=N2)c1. The zero-order valence-electron chi connectivity index (χ0n) is 14.2. The number of rotatable bonds is 5. The molecule has 1 fully saturated rings. The van der Waals surface area contributed by atoms with Gasteiger partial charge in [-0.05, 0) is 43.2 Å². The largest absolute Gasteiger partial charge is 0.340 e. The summed E-state index contributed by atoms with van der Waals surface area (Å²) in [5.41, 5.74) is 2.24. The van der Waals surface area contributed by atoms with Crippen molar-refractivity contribution in [2.45, 2.75) is 31.7 Å². The summed E-state index contributed by atoms with van der Waals surface area (Å²) in [6.07, 6.45) is 13.4. The van der Waals surface area contributed by atoms with Gasteiger partial charge in [-0.1, -0.05) is 36.6 Å². The molecule has 0 bridgehead atoms. The van der Waals surface area contributed by atoms with E-state index in [0.29, 0.717) is 6.04 Å². The monoisotopic (exact) mass is 354 g/mol. The number of amidine groups is 1. The summed E-state index contributed by atoms with van der Waals surface area (Å²) in [6, 6.07) is 8.42. The quantitative estimate of drug-likeness (QED) is 0.828. The second kappa shape index (κ2) is 7.46. The third-order valence-electron chi connectivity index (χ3n) is 4.89. The molecular weight excluding hydrogens is 332 g/mol. The van der Waals surface area contributed by atoms with E-state index < -0.39 is 0 Å². The van der Waals surface area contributed by atoms with Crippen LogP contribution in [-0.4, -0.2) is 29.9 Å². The first-order valence-electron chi connectivity index (χ1n) is 8.96. The molecule has 25 heavy (non-hydrogen) atoms. The summed E-state index contributed by atoms with van der Waals surface area (Å²) in [6.45, 7) is 1.71. The lowest BCUT2D eigenvalue weighted by Gasteiger charge is -2.30. The highest BCUT2D eigenvalue weighted by atomic mass is 35.5. The second-order valence-electron chi connectivity index (χ2n) is 6.75. The zero-order chi connectivity index (χ0) is 17.1. The molecule has 0 amide bonds. The van der Waals surface area contributed by atoms with Gasteiger partial charge in [0.15, 0.2) is 0 Å². The smallest absolute Gasteiger partial charge is 0.135 e. The van der Waals surface area contributed by atoms with Gasteiger partial charge in [-0.25, -0.2) is 4.99 Å². The highest BCUT2D eigenvalue weighted by Crippen LogP contribution is 2.24. The lowest BCUT2D eigenvalue weighted by Crippen LogP contribution is -2.37. The van der Waals surface area contributed by atoms with Crippen molar-refractivity contribution < 1.29 is 0 Å². The fourth-order valence-corrected chi connectivity index (χ4v) is 3.72. The molecule has 0 spiro atoms. The number of halogens is 1. The Hall–Kier alpha value is -2.04. The van der Waals surface area contributed by atoms with Crippen LogP contribution in [0.5, 0.6) is 0 Å². The van der Waals surface area contributed by atoms with Crippen LogP contribution >= 0.6 is 11.6 Å². The van der Waals surface area contributed by atoms with Crippen molar-refractivity contribution in [2.75, 3.05) is 18.4 Å². The Morgan fingerprint density at radius 3 is 2.92 bits per heavy atom. The summed E-state index contributed by atoms with van der Waals surface area (Å²) >= 11 is 6.12. The van der Waals surface area contributed by atoms with E-state index in [9.17, 15) is 0 Å². The molecule has 0 atom stereocenters. The third kappa shape index (κ3) is 3.97. The molecule has 5 heteroatoms. The van der Waals surface area contributed by atoms with Crippen LogP contribution < -0.4 is 10.6 Å². The first-order valence-corrected chi connectivity index (χ1v) is 9.34. The molecule has 1 aromatic rings. The van der Waals surface area contributed by atoms with Crippen molar-refractivity contribution in [1.29, 1.82) is 0 Å². The molecule has 1 aromatic carbocycles. The maximum Gasteiger partial charge on any atom is 0.135 e. The Morgan fingerprint density at radius 1 is 1.20 bits per heavy atom. The first kappa shape index (κ1) is 16.4. The van der Waals surface area contributed by atoms with E-state index in [4.69, 9.17) is 16.6 Å². The van der Waals surface area contributed by atoms with Gasteiger partial charge in [-0.15, -0.1) is 0 Å². The van der Waals surface area contributed by atoms with E-state index >= 15 is 0 Å². The number of hydrogen-bond acceptors (Lipinski definition) is 4. The van der Waals surface area contributed by atoms with Gasteiger partial charge in [0, 0.05) is 35.1 Å². The van der Waals surface area contributed by atoms with E-state index in [0.717, 1.165) is 35.5 Å². The highest BCUT2D eigenvalue weighted by Gasteiger charge is 2.22. The molecule has 1 saturated carbocycles. The van der Waals surface area contributed by atoms with Crippen LogP contribution in [0.25, 0.3) is 0 Å². The van der Waals surface area contributed by atoms with Gasteiger partial charge in [0.05, 0.1) is 6.54 Å². The lowest BCUT2D eigenvalue weighted by molar-refractivity contribution is 0.517. The van der Waals surface area contributed by atoms with Gasteiger partial charge < -0.3 is 15.5 Å². The Kier molecular flexibility index (Phi) is 4.90. The van der Waals surface area contributed by atoms with Crippen molar-refractivity contribution in [3.05, 3.63) is 65.1 Å². The molecule has 0 radical (unpaired) electrons. The van der Waals surface area contributed by atoms with Crippen molar-refractivity contribution in [2.24, 2.45) is 4.99 Å². The average Bonchev–Trinajstić information content (AvgIpc) is 3.13. The van der Waals surface area contributed by atoms with Crippen LogP contribution in [0.1, 0.15) is 25.7 Å². The van der Waals surface area contributed by atoms with Gasteiger partial charge in [0.25, 0.3) is 0 Å². The standard InChI is InChI=1S/C20H23ClN4/c21-16-6-5-9-18(12-16)23-20-15(13-22-17-7-1-2-8-17)14-25-11-4-3-10-19(25)24-20/h3-6,9-12,17,22-23H,1-2,7-8,13-14H2. The third-order valence-corrected chi connectivity index (χ3v) is 5.12. The number of anilines is 1. The summed E-state index contributed by atoms with van der Waals surface area (Å²) in [5, 5.41) is 7.90. The number of nitrogens with one attached hydrogen (secondary N) is 2. The lowest BCUT2D eigenvalue weighted by atomic mass is 10.1. The van der Waals surface area contributed by atoms with Crippen LogP contribution in [0.3, 0.4) is 0 Å². The minimum atomic E-state index is 0.641. The van der Waals surface area contributed by atoms with Crippen molar-refractivity contribution >= 4 is 23.1 Å². The Labute approximate surface area is 154 Å². The molecule has 1 aliphatic carbocycles. The molecule has 3 aliphatic rings. The van der Waals surface area contributed by atoms with Crippen LogP contribution in [0.4, 0.5) is 5.69 Å². The molecule has 0 unspecified atom stereocenters. The van der Waals surface area contributed by atoms with Crippen LogP contribution in [0, 0.1) is 0 Å². The van der Waals surface area contributed by atoms with E-state index in [1.54, 1.807) is 0 Å². The minimum Gasteiger partial charge on any atom is -0.340 e. The molecule has 2 heterocycles. The molecule has 0 aromatic heterocycles. The fourth-order valence-electron chi connectivity index (χ4n) is 3.53. The average molecular weight is 355 g/mol. The van der Waals surface area contributed by atoms with E-state index in [1.165, 1.54) is 31.3 Å². The molecule has 4 nitrogen and oxygen atoms in total. The number of fused-ring (bicyclic) bond motifs is 1. The molecular formula is C20H23ClN4. The predicted molar refractivity (Wildman–Crippen MR) is 105 cm³/mol. The maximum atomic E-state index is 6.12. The van der Waals surface area contributed by atoms with Gasteiger partial charge in [-0.2, -0.15) is 0 Å². The molecule has 2 aliphatic heterocycles. The van der Waals surface area contributed by atoms with E-state index in [1.807, 2.05) is 36.4 Å². The van der Waals surface area contributed by atoms with E-state index in [-0.39, 0.29) is 0 Å². The summed E-state index contributed by atoms with van der Waals surface area (Å²) < 4.78 is 0. The predicted octanol–water partition coefficient (Wildman–Crippen LogP) is 4.29. The Morgan fingerprint density at radius 2 is 2.08 bits per heavy atom. The number of allylic oxidation sites excluding steroid dienone is 2. The van der Waals surface area contributed by atoms with Crippen molar-refractivity contribution in [3.63, 3.8) is 0 Å². The van der Waals surface area contributed by atoms with Crippen LogP contribution in [0.2, 0.25) is 5.02 Å². The Bertz CT molecular complexity index is 757. The topological polar surface area (TPSA) is 39.7 Å². The van der Waals surface area contributed by atoms with Crippen LogP contribution in [-0.2, 0) is 0 Å². The first-order chi connectivity index (χ1) is 12.3. The number of nitrogens with zero attached hydrogens (tertiary/aromatic N) is 2. The number of hydrogen-bond donors (Lipinski definition) is 2. The zero-order valence-corrected chi connectivity index (χ0v) is 15.0. The normalized spacial score (nSPS) is 20.0. The van der Waals surface area contributed by atoms with Crippen LogP contribution in [0.15, 0.2) is 65.1 Å². The van der Waals surface area contributed by atoms with Gasteiger partial charge in [0.2, 0.25) is 0 Å². The van der Waals surface area contributed by atoms with E-state index in [2.05, 4.69) is 27.8 Å². The van der Waals surface area contributed by atoms with Gasteiger partial charge in [-0.3, -0.25) is 0 Å². The molecule has 2 N–H and O–H groups in total. The number of benzene rings is 1. The van der Waals surface area contributed by atoms with Gasteiger partial charge >= 0.3 is 0 Å². The van der Waals surface area contributed by atoms with Gasteiger partial charge in [0.1, 0.15) is 11.7 Å². The fraction of sp³-hybridized carbons (Fsp3) is 0.350. The molecule has 4 rings (SSSR count). The minimum absolute atomic E-state index is 0.641. The van der Waals surface area contributed by atoms with Crippen molar-refractivity contribution in [3.8, 4) is 0 Å². The second-order valence-corrected chi connectivity index (χ2v) is 7.18.